The van der Waals surface area contributed by atoms with Crippen molar-refractivity contribution in [3.63, 3.8) is 0 Å². The van der Waals surface area contributed by atoms with Gasteiger partial charge in [-0.3, -0.25) is 19.3 Å². The van der Waals surface area contributed by atoms with E-state index in [0.29, 0.717) is 149 Å². The number of nitrogens with zero attached hydrogens (tertiary/aromatic N) is 16. The highest BCUT2D eigenvalue weighted by molar-refractivity contribution is 7.92. The van der Waals surface area contributed by atoms with E-state index in [4.69, 9.17) is 23.9 Å². The molecule has 10 heterocycles. The monoisotopic (exact) mass is 1910 g/mol. The largest absolute Gasteiger partial charge is 0.495 e. The standard InChI is InChI=1S/C33H44N8O4S.C33H43N7O4S.C32H39N7O5S/c1-7-39(8-2)21-31(42)40-17-14-24(15-18-40)25-20-28(45-6)27(19-23(25)5)35-32-37-30-13-16-34-41(30)33(38-32)36-26-11-9-10-12-29(26)46(43,44)22(3)4;1-6-8-13-31(41)39-18-15-24(16-19-39)25-21-28(44-7-2)27(20-23(25)5)35-32-37-30-14-17-34-40(30)33(38-32)36-26-11-9-10-12-29(26)45(42,43)22(3)4;1-20(2)45(41,42)27-9-7-6-8-24(27)35-31-37-30(36-28-10-13-33-39(28)31)34-25-16-21(3)23(17-26(25)43-5)22-11-14-38(15-12-22)29(40)32(4)18-44-19-32/h9-13,16,19-20,22,24H,7-8,14-15,17-18,21H2,1-6H3,(H2,35,36,37,38);9-12,14,17,20-22,24H,6-8,13,15-16,18-19H2,1-5H3,(H2,35,36,37,38);6-10,13,16-17,20,22H,11-12,14-15,18-19H2,1-5H3,(H2,34,35,36,37). The zero-order chi connectivity index (χ0) is 97.1. The van der Waals surface area contributed by atoms with Gasteiger partial charge < -0.3 is 65.5 Å². The van der Waals surface area contributed by atoms with Gasteiger partial charge in [-0.15, -0.1) is 0 Å². The van der Waals surface area contributed by atoms with Crippen molar-refractivity contribution >= 4 is 134 Å². The quantitative estimate of drug-likeness (QED) is 0.0222. The van der Waals surface area contributed by atoms with Crippen LogP contribution in [0.5, 0.6) is 17.2 Å². The Balaban J connectivity index is 0.000000163. The summed E-state index contributed by atoms with van der Waals surface area (Å²) in [6.07, 6.45) is 12.8. The van der Waals surface area contributed by atoms with Crippen LogP contribution in [0.2, 0.25) is 0 Å². The van der Waals surface area contributed by atoms with E-state index in [1.165, 1.54) is 30.2 Å². The molecule has 0 radical (unpaired) electrons. The number of anilines is 12. The van der Waals surface area contributed by atoms with Gasteiger partial charge in [-0.25, -0.2) is 25.3 Å². The van der Waals surface area contributed by atoms with Gasteiger partial charge in [0.1, 0.15) is 17.2 Å². The molecule has 136 heavy (non-hydrogen) atoms. The molecule has 0 atom stereocenters. The Kier molecular flexibility index (Phi) is 31.5. The molecule has 0 bridgehead atoms. The number of methoxy groups -OCH3 is 2. The second kappa shape index (κ2) is 43.1. The first-order valence-corrected chi connectivity index (χ1v) is 51.4. The summed E-state index contributed by atoms with van der Waals surface area (Å²) >= 11 is 0. The number of sulfone groups is 3. The van der Waals surface area contributed by atoms with Gasteiger partial charge in [0.05, 0.1) is 129 Å². The predicted molar refractivity (Wildman–Crippen MR) is 528 cm³/mol. The molecule has 6 aromatic carbocycles. The number of piperidine rings is 3. The van der Waals surface area contributed by atoms with Crippen molar-refractivity contribution in [1.29, 1.82) is 0 Å². The smallest absolute Gasteiger partial charge is 0.236 e. The molecule has 724 valence electrons. The van der Waals surface area contributed by atoms with Gasteiger partial charge >= 0.3 is 0 Å². The molecule has 0 aliphatic carbocycles. The summed E-state index contributed by atoms with van der Waals surface area (Å²) in [5, 5.41) is 30.8. The van der Waals surface area contributed by atoms with E-state index in [1.807, 2.05) is 40.7 Å². The van der Waals surface area contributed by atoms with Gasteiger partial charge in [0, 0.05) is 63.9 Å². The molecule has 0 saturated carbocycles. The molecule has 0 spiro atoms. The van der Waals surface area contributed by atoms with E-state index >= 15 is 0 Å². The Morgan fingerprint density at radius 3 is 1.09 bits per heavy atom. The Labute approximate surface area is 795 Å². The number of benzene rings is 6. The zero-order valence-electron chi connectivity index (χ0n) is 80.4. The highest BCUT2D eigenvalue weighted by Gasteiger charge is 2.45. The number of fused-ring (bicyclic) bond motifs is 3. The molecule has 4 aliphatic rings. The normalized spacial score (nSPS) is 15.1. The number of aryl methyl sites for hydroxylation is 3. The van der Waals surface area contributed by atoms with Gasteiger partial charge in [0.25, 0.3) is 0 Å². The van der Waals surface area contributed by atoms with Crippen LogP contribution in [-0.4, -0.2) is 230 Å². The average Bonchev–Trinajstić information content (AvgIpc) is 1.59. The fraction of sp³-hybridized carbons (Fsp3) is 0.449. The maximum atomic E-state index is 13.1. The van der Waals surface area contributed by atoms with Gasteiger partial charge in [-0.2, -0.15) is 58.7 Å². The molecular formula is C98H126N22O13S3. The van der Waals surface area contributed by atoms with Crippen LogP contribution in [0.25, 0.3) is 16.9 Å². The van der Waals surface area contributed by atoms with Crippen LogP contribution in [-0.2, 0) is 48.6 Å². The molecule has 6 aromatic heterocycles. The van der Waals surface area contributed by atoms with Crippen molar-refractivity contribution in [2.75, 3.05) is 125 Å². The Morgan fingerprint density at radius 1 is 0.441 bits per heavy atom. The van der Waals surface area contributed by atoms with Crippen molar-refractivity contribution in [3.05, 3.63) is 179 Å². The average molecular weight is 1920 g/mol. The topological polar surface area (TPSA) is 405 Å². The molecule has 0 unspecified atom stereocenters. The summed E-state index contributed by atoms with van der Waals surface area (Å²) in [6.45, 7) is 34.5. The minimum absolute atomic E-state index is 0.183. The van der Waals surface area contributed by atoms with E-state index < -0.39 is 45.3 Å². The van der Waals surface area contributed by atoms with Gasteiger partial charge in [-0.1, -0.05) is 63.6 Å². The number of ether oxygens (including phenoxy) is 4. The van der Waals surface area contributed by atoms with E-state index in [0.717, 1.165) is 126 Å². The predicted octanol–water partition coefficient (Wildman–Crippen LogP) is 16.4. The maximum Gasteiger partial charge on any atom is 0.236 e. The number of hydrogen-bond acceptors (Lipinski definition) is 29. The molecule has 4 aliphatic heterocycles. The summed E-state index contributed by atoms with van der Waals surface area (Å²) in [4.78, 5) is 75.0. The highest BCUT2D eigenvalue weighted by Crippen LogP contribution is 2.44. The lowest BCUT2D eigenvalue weighted by Gasteiger charge is -2.42. The molecule has 12 aromatic rings. The summed E-state index contributed by atoms with van der Waals surface area (Å²) in [5.74, 6) is 5.42. The lowest BCUT2D eigenvalue weighted by Crippen LogP contribution is -2.54. The second-order valence-corrected chi connectivity index (χ2v) is 43.3. The fourth-order valence-corrected chi connectivity index (χ4v) is 21.2. The van der Waals surface area contributed by atoms with E-state index in [-0.39, 0.29) is 37.8 Å². The third-order valence-electron chi connectivity index (χ3n) is 25.7. The zero-order valence-corrected chi connectivity index (χ0v) is 82.8. The summed E-state index contributed by atoms with van der Waals surface area (Å²) in [7, 11) is -7.41. The lowest BCUT2D eigenvalue weighted by atomic mass is 9.83. The van der Waals surface area contributed by atoms with Crippen LogP contribution in [0.4, 0.5) is 69.8 Å². The first kappa shape index (κ1) is 99.3. The Morgan fingerprint density at radius 2 is 0.772 bits per heavy atom. The van der Waals surface area contributed by atoms with Crippen molar-refractivity contribution in [2.24, 2.45) is 5.41 Å². The number of likely N-dealkylation sites (tertiary alicyclic amines) is 3. The number of unbranched alkanes of at least 4 members (excludes halogenated alkanes) is 1. The van der Waals surface area contributed by atoms with Crippen LogP contribution >= 0.6 is 0 Å². The molecular weight excluding hydrogens is 1790 g/mol. The minimum atomic E-state index is -3.56. The first-order valence-electron chi connectivity index (χ1n) is 46.7. The Bertz CT molecular complexity index is 6650. The van der Waals surface area contributed by atoms with E-state index in [2.05, 4.69) is 143 Å². The molecule has 3 amide bonds. The first-order chi connectivity index (χ1) is 65.2. The number of carbonyl (C=O) groups excluding carboxylic acids is 3. The van der Waals surface area contributed by atoms with Crippen molar-refractivity contribution in [1.82, 2.24) is 78.3 Å². The number of carbonyl (C=O) groups is 3. The maximum absolute atomic E-state index is 13.1. The van der Waals surface area contributed by atoms with Crippen LogP contribution < -0.4 is 46.1 Å². The number of likely N-dealkylation sites (N-methyl/N-ethyl adjacent to an activating group) is 1. The summed E-state index contributed by atoms with van der Waals surface area (Å²) < 4.78 is 106. The van der Waals surface area contributed by atoms with Gasteiger partial charge in [0.15, 0.2) is 46.5 Å². The third kappa shape index (κ3) is 22.2. The molecule has 35 nitrogen and oxygen atoms in total. The molecule has 16 rings (SSSR count). The highest BCUT2D eigenvalue weighted by atomic mass is 32.2. The minimum Gasteiger partial charge on any atom is -0.495 e. The van der Waals surface area contributed by atoms with Crippen molar-refractivity contribution in [3.8, 4) is 17.2 Å². The number of para-hydroxylation sites is 3. The van der Waals surface area contributed by atoms with Crippen LogP contribution in [0, 0.1) is 26.2 Å². The molecule has 4 fully saturated rings. The second-order valence-electron chi connectivity index (χ2n) is 35.9. The number of hydrogen-bond donors (Lipinski definition) is 6. The van der Waals surface area contributed by atoms with Crippen molar-refractivity contribution < 1.29 is 58.6 Å². The van der Waals surface area contributed by atoms with Gasteiger partial charge in [0.2, 0.25) is 53.4 Å². The molecule has 4 saturated heterocycles. The third-order valence-corrected chi connectivity index (χ3v) is 32.3. The van der Waals surface area contributed by atoms with Crippen LogP contribution in [0.3, 0.4) is 0 Å². The summed E-state index contributed by atoms with van der Waals surface area (Å²) in [5.41, 5.74) is 11.5. The van der Waals surface area contributed by atoms with Crippen LogP contribution in [0.1, 0.15) is 185 Å². The van der Waals surface area contributed by atoms with E-state index in [9.17, 15) is 39.6 Å². The fourth-order valence-electron chi connectivity index (χ4n) is 17.6. The van der Waals surface area contributed by atoms with Crippen LogP contribution in [0.15, 0.2) is 161 Å². The lowest BCUT2D eigenvalue weighted by molar-refractivity contribution is -0.169. The summed E-state index contributed by atoms with van der Waals surface area (Å²) in [6, 6.07) is 37.9. The van der Waals surface area contributed by atoms with E-state index in [1.54, 1.807) is 165 Å². The number of amides is 3. The SMILES string of the molecule is CCCCC(=O)N1CCC(c2cc(OCC)c(Nc3nc(Nc4ccccc4S(=O)(=O)C(C)C)n4nccc4n3)cc2C)CC1.CCN(CC)CC(=O)N1CCC(c2cc(OC)c(Nc3nc(Nc4ccccc4S(=O)(=O)C(C)C)n4nccc4n3)cc2C)CC1.COc1cc(C2CCN(C(=O)C3(C)COC3)CC2)c(C)cc1Nc1nc(Nc2ccccc2S(=O)(=O)C(C)C)n2nccc2n1. The number of aromatic nitrogens is 12. The van der Waals surface area contributed by atoms with Crippen molar-refractivity contribution in [2.45, 2.75) is 203 Å². The number of rotatable bonds is 33. The van der Waals surface area contributed by atoms with Gasteiger partial charge in [-0.05, 0) is 258 Å². The number of nitrogens with one attached hydrogen (secondary N) is 6. The Hall–Kier alpha value is -12.7. The molecule has 38 heteroatoms. The molecule has 6 N–H and O–H groups in total.